The van der Waals surface area contributed by atoms with Crippen LogP contribution in [0.2, 0.25) is 5.28 Å². The van der Waals surface area contributed by atoms with Gasteiger partial charge in [0.15, 0.2) is 5.82 Å². The number of nitrogens with zero attached hydrogens (tertiary/aromatic N) is 3. The molecule has 0 aliphatic rings. The molecule has 0 aliphatic carbocycles. The summed E-state index contributed by atoms with van der Waals surface area (Å²) in [5.41, 5.74) is 0.220. The van der Waals surface area contributed by atoms with Crippen molar-refractivity contribution in [2.24, 2.45) is 0 Å². The van der Waals surface area contributed by atoms with Crippen LogP contribution in [0.15, 0.2) is 16.6 Å². The summed E-state index contributed by atoms with van der Waals surface area (Å²) in [5, 5.41) is 0.670. The molecule has 16 heavy (non-hydrogen) atoms. The fourth-order valence-corrected chi connectivity index (χ4v) is 1.92. The first-order chi connectivity index (χ1) is 7.50. The Balaban J connectivity index is 2.89. The van der Waals surface area contributed by atoms with Gasteiger partial charge in [-0.25, -0.2) is 9.37 Å². The van der Waals surface area contributed by atoms with Crippen LogP contribution in [-0.2, 0) is 0 Å². The number of anilines is 1. The molecule has 84 valence electrons. The molecule has 0 fully saturated rings. The summed E-state index contributed by atoms with van der Waals surface area (Å²) >= 11 is 8.87. The number of hydrogen-bond donors (Lipinski definition) is 0. The zero-order valence-electron chi connectivity index (χ0n) is 8.63. The molecule has 2 aromatic rings. The maximum atomic E-state index is 13.8. The number of rotatable bonds is 1. The Kier molecular flexibility index (Phi) is 2.99. The van der Waals surface area contributed by atoms with Gasteiger partial charge in [0.25, 0.3) is 0 Å². The van der Waals surface area contributed by atoms with E-state index in [1.54, 1.807) is 17.0 Å². The van der Waals surface area contributed by atoms with E-state index in [4.69, 9.17) is 11.6 Å². The van der Waals surface area contributed by atoms with Gasteiger partial charge >= 0.3 is 0 Å². The van der Waals surface area contributed by atoms with E-state index in [9.17, 15) is 4.39 Å². The summed E-state index contributed by atoms with van der Waals surface area (Å²) in [4.78, 5) is 9.74. The molecule has 2 rings (SSSR count). The molecule has 0 radical (unpaired) electrons. The van der Waals surface area contributed by atoms with Crippen LogP contribution in [0.1, 0.15) is 0 Å². The van der Waals surface area contributed by atoms with Crippen LogP contribution in [0.5, 0.6) is 0 Å². The van der Waals surface area contributed by atoms with Crippen molar-refractivity contribution in [2.45, 2.75) is 0 Å². The average molecular weight is 305 g/mol. The third-order valence-electron chi connectivity index (χ3n) is 2.14. The fourth-order valence-electron chi connectivity index (χ4n) is 1.44. The van der Waals surface area contributed by atoms with Crippen molar-refractivity contribution < 1.29 is 4.39 Å². The lowest BCUT2D eigenvalue weighted by molar-refractivity contribution is 0.630. The van der Waals surface area contributed by atoms with Gasteiger partial charge in [-0.2, -0.15) is 4.98 Å². The first kappa shape index (κ1) is 11.5. The minimum absolute atomic E-state index is 0.0354. The summed E-state index contributed by atoms with van der Waals surface area (Å²) in [5.74, 6) is 0.173. The number of hydrogen-bond acceptors (Lipinski definition) is 3. The molecule has 1 aromatic heterocycles. The van der Waals surface area contributed by atoms with Crippen molar-refractivity contribution in [3.8, 4) is 0 Å². The average Bonchev–Trinajstić information content (AvgIpc) is 2.23. The Hall–Kier alpha value is -0.940. The maximum Gasteiger partial charge on any atom is 0.225 e. The molecule has 0 spiro atoms. The molecule has 0 saturated carbocycles. The lowest BCUT2D eigenvalue weighted by atomic mass is 10.2. The largest absolute Gasteiger partial charge is 0.362 e. The van der Waals surface area contributed by atoms with Crippen molar-refractivity contribution in [3.05, 3.63) is 27.7 Å². The second kappa shape index (κ2) is 4.14. The molecule has 0 atom stereocenters. The summed E-state index contributed by atoms with van der Waals surface area (Å²) < 4.78 is 14.2. The van der Waals surface area contributed by atoms with Gasteiger partial charge < -0.3 is 4.90 Å². The highest BCUT2D eigenvalue weighted by molar-refractivity contribution is 9.10. The Morgan fingerprint density at radius 2 is 2.00 bits per heavy atom. The SMILES string of the molecule is CN(C)c1nc(Cl)nc2c(F)c(Br)ccc12. The molecular weight excluding hydrogens is 296 g/mol. The monoisotopic (exact) mass is 303 g/mol. The van der Waals surface area contributed by atoms with Crippen LogP contribution in [0.4, 0.5) is 10.2 Å². The molecule has 1 aromatic carbocycles. The quantitative estimate of drug-likeness (QED) is 0.757. The van der Waals surface area contributed by atoms with Crippen molar-refractivity contribution >= 4 is 44.3 Å². The van der Waals surface area contributed by atoms with Gasteiger partial charge in [0, 0.05) is 19.5 Å². The minimum Gasteiger partial charge on any atom is -0.362 e. The lowest BCUT2D eigenvalue weighted by Crippen LogP contribution is -2.12. The zero-order chi connectivity index (χ0) is 11.9. The van der Waals surface area contributed by atoms with E-state index in [-0.39, 0.29) is 10.8 Å². The van der Waals surface area contributed by atoms with Crippen molar-refractivity contribution in [1.82, 2.24) is 9.97 Å². The summed E-state index contributed by atoms with van der Waals surface area (Å²) in [7, 11) is 3.64. The predicted octanol–water partition coefficient (Wildman–Crippen LogP) is 3.25. The van der Waals surface area contributed by atoms with E-state index in [1.807, 2.05) is 14.1 Å². The van der Waals surface area contributed by atoms with Crippen molar-refractivity contribution in [2.75, 3.05) is 19.0 Å². The second-order valence-electron chi connectivity index (χ2n) is 3.47. The summed E-state index contributed by atoms with van der Waals surface area (Å²) in [6.45, 7) is 0. The molecular formula is C10H8BrClFN3. The number of aromatic nitrogens is 2. The summed E-state index contributed by atoms with van der Waals surface area (Å²) in [6.07, 6.45) is 0. The number of fused-ring (bicyclic) bond motifs is 1. The smallest absolute Gasteiger partial charge is 0.225 e. The topological polar surface area (TPSA) is 29.0 Å². The van der Waals surface area contributed by atoms with E-state index >= 15 is 0 Å². The third-order valence-corrected chi connectivity index (χ3v) is 2.92. The summed E-state index contributed by atoms with van der Waals surface area (Å²) in [6, 6.07) is 3.39. The normalized spacial score (nSPS) is 10.8. The highest BCUT2D eigenvalue weighted by Crippen LogP contribution is 2.29. The first-order valence-electron chi connectivity index (χ1n) is 4.49. The van der Waals surface area contributed by atoms with E-state index in [2.05, 4.69) is 25.9 Å². The molecule has 0 amide bonds. The van der Waals surface area contributed by atoms with Crippen LogP contribution < -0.4 is 4.90 Å². The molecule has 3 nitrogen and oxygen atoms in total. The van der Waals surface area contributed by atoms with Crippen LogP contribution in [-0.4, -0.2) is 24.1 Å². The zero-order valence-corrected chi connectivity index (χ0v) is 11.0. The molecule has 0 unspecified atom stereocenters. The van der Waals surface area contributed by atoms with E-state index in [0.717, 1.165) is 0 Å². The van der Waals surface area contributed by atoms with E-state index in [0.29, 0.717) is 15.7 Å². The van der Waals surface area contributed by atoms with Crippen LogP contribution in [0, 0.1) is 5.82 Å². The standard InChI is InChI=1S/C10H8BrClFN3/c1-16(2)9-5-3-4-6(11)7(13)8(5)14-10(12)15-9/h3-4H,1-2H3. The van der Waals surface area contributed by atoms with Gasteiger partial charge in [-0.3, -0.25) is 0 Å². The minimum atomic E-state index is -0.426. The van der Waals surface area contributed by atoms with Crippen LogP contribution in [0.3, 0.4) is 0 Å². The predicted molar refractivity (Wildman–Crippen MR) is 66.5 cm³/mol. The van der Waals surface area contributed by atoms with Gasteiger partial charge in [-0.1, -0.05) is 0 Å². The van der Waals surface area contributed by atoms with E-state index in [1.165, 1.54) is 0 Å². The molecule has 0 saturated heterocycles. The molecule has 1 heterocycles. The highest BCUT2D eigenvalue weighted by atomic mass is 79.9. The van der Waals surface area contributed by atoms with Crippen molar-refractivity contribution in [3.63, 3.8) is 0 Å². The van der Waals surface area contributed by atoms with Gasteiger partial charge in [0.1, 0.15) is 11.3 Å². The Labute approximate surface area is 105 Å². The van der Waals surface area contributed by atoms with Crippen LogP contribution >= 0.6 is 27.5 Å². The maximum absolute atomic E-state index is 13.8. The Bertz CT molecular complexity index is 559. The van der Waals surface area contributed by atoms with Gasteiger partial charge in [-0.15, -0.1) is 0 Å². The van der Waals surface area contributed by atoms with Crippen LogP contribution in [0.25, 0.3) is 10.9 Å². The number of halogens is 3. The van der Waals surface area contributed by atoms with Crippen molar-refractivity contribution in [1.29, 1.82) is 0 Å². The fraction of sp³-hybridized carbons (Fsp3) is 0.200. The molecule has 0 N–H and O–H groups in total. The lowest BCUT2D eigenvalue weighted by Gasteiger charge is -2.14. The van der Waals surface area contributed by atoms with E-state index < -0.39 is 5.82 Å². The Morgan fingerprint density at radius 1 is 1.31 bits per heavy atom. The highest BCUT2D eigenvalue weighted by Gasteiger charge is 2.13. The van der Waals surface area contributed by atoms with Gasteiger partial charge in [0.2, 0.25) is 5.28 Å². The molecule has 0 aliphatic heterocycles. The Morgan fingerprint density at radius 3 is 2.62 bits per heavy atom. The third kappa shape index (κ3) is 1.85. The van der Waals surface area contributed by atoms with Gasteiger partial charge in [-0.05, 0) is 39.7 Å². The number of benzene rings is 1. The molecule has 0 bridgehead atoms. The molecule has 6 heteroatoms. The second-order valence-corrected chi connectivity index (χ2v) is 4.66. The first-order valence-corrected chi connectivity index (χ1v) is 5.66. The van der Waals surface area contributed by atoms with Gasteiger partial charge in [0.05, 0.1) is 4.47 Å².